The lowest BCUT2D eigenvalue weighted by Crippen LogP contribution is -1.99. The van der Waals surface area contributed by atoms with Gasteiger partial charge in [0.2, 0.25) is 0 Å². The summed E-state index contributed by atoms with van der Waals surface area (Å²) in [6, 6.07) is 7.76. The first-order valence-corrected chi connectivity index (χ1v) is 7.53. The smallest absolute Gasteiger partial charge is 0.166 e. The first-order valence-electron chi connectivity index (χ1n) is 5.32. The van der Waals surface area contributed by atoms with Gasteiger partial charge in [-0.3, -0.25) is 0 Å². The van der Waals surface area contributed by atoms with Crippen LogP contribution in [0.25, 0.3) is 0 Å². The topological polar surface area (TPSA) is 18.5 Å². The Morgan fingerprint density at radius 3 is 2.83 bits per heavy atom. The number of thiophene rings is 1. The van der Waals surface area contributed by atoms with E-state index in [1.807, 2.05) is 29.6 Å². The molecule has 0 aliphatic heterocycles. The molecule has 0 atom stereocenters. The highest BCUT2D eigenvalue weighted by Crippen LogP contribution is 2.33. The fourth-order valence-corrected chi connectivity index (χ4v) is 3.14. The van der Waals surface area contributed by atoms with Gasteiger partial charge in [0, 0.05) is 20.3 Å². The largest absolute Gasteiger partial charge is 0.493 e. The van der Waals surface area contributed by atoms with Crippen LogP contribution in [0.15, 0.2) is 34.1 Å². The maximum absolute atomic E-state index is 5.91. The van der Waals surface area contributed by atoms with E-state index in [0.717, 1.165) is 20.7 Å². The minimum atomic E-state index is 0.403. The van der Waals surface area contributed by atoms with Crippen molar-refractivity contribution in [3.63, 3.8) is 0 Å². The van der Waals surface area contributed by atoms with Gasteiger partial charge in [-0.1, -0.05) is 12.1 Å². The Morgan fingerprint density at radius 2 is 2.22 bits per heavy atom. The highest BCUT2D eigenvalue weighted by atomic mass is 79.9. The first kappa shape index (κ1) is 13.7. The molecule has 0 spiro atoms. The number of para-hydroxylation sites is 1. The number of halogens is 2. The summed E-state index contributed by atoms with van der Waals surface area (Å²) >= 11 is 11.0. The van der Waals surface area contributed by atoms with Crippen LogP contribution in [0.4, 0.5) is 0 Å². The minimum Gasteiger partial charge on any atom is -0.493 e. The molecular formula is C13H12BrClO2S. The van der Waals surface area contributed by atoms with Crippen molar-refractivity contribution in [2.24, 2.45) is 0 Å². The maximum Gasteiger partial charge on any atom is 0.166 e. The molecule has 0 N–H and O–H groups in total. The van der Waals surface area contributed by atoms with Crippen molar-refractivity contribution in [3.8, 4) is 11.5 Å². The van der Waals surface area contributed by atoms with Gasteiger partial charge in [-0.2, -0.15) is 0 Å². The molecule has 0 radical (unpaired) electrons. The Balaban J connectivity index is 2.17. The molecule has 0 aliphatic rings. The zero-order chi connectivity index (χ0) is 13.0. The van der Waals surface area contributed by atoms with Gasteiger partial charge in [-0.25, -0.2) is 0 Å². The Kier molecular flexibility index (Phi) is 4.92. The molecule has 2 aromatic rings. The molecule has 1 aromatic heterocycles. The van der Waals surface area contributed by atoms with E-state index in [1.165, 1.54) is 0 Å². The second-order valence-electron chi connectivity index (χ2n) is 3.60. The SMILES string of the molecule is COc1cccc(CCl)c1OCc1cc(Br)cs1. The van der Waals surface area contributed by atoms with Gasteiger partial charge in [0.25, 0.3) is 0 Å². The number of methoxy groups -OCH3 is 1. The molecule has 0 amide bonds. The second kappa shape index (κ2) is 6.45. The highest BCUT2D eigenvalue weighted by Gasteiger charge is 2.10. The van der Waals surface area contributed by atoms with Gasteiger partial charge >= 0.3 is 0 Å². The highest BCUT2D eigenvalue weighted by molar-refractivity contribution is 9.10. The van der Waals surface area contributed by atoms with Crippen LogP contribution in [-0.4, -0.2) is 7.11 Å². The Morgan fingerprint density at radius 1 is 1.39 bits per heavy atom. The number of hydrogen-bond donors (Lipinski definition) is 0. The van der Waals surface area contributed by atoms with Crippen molar-refractivity contribution >= 4 is 38.9 Å². The lowest BCUT2D eigenvalue weighted by atomic mass is 10.2. The number of rotatable bonds is 5. The lowest BCUT2D eigenvalue weighted by molar-refractivity contribution is 0.285. The molecule has 1 heterocycles. The normalized spacial score (nSPS) is 10.4. The van der Waals surface area contributed by atoms with Gasteiger partial charge in [0.05, 0.1) is 13.0 Å². The van der Waals surface area contributed by atoms with Crippen LogP contribution in [0.5, 0.6) is 11.5 Å². The standard InChI is InChI=1S/C13H12BrClO2S/c1-16-12-4-2-3-9(6-15)13(12)17-7-11-5-10(14)8-18-11/h2-5,8H,6-7H2,1H3. The third-order valence-electron chi connectivity index (χ3n) is 2.40. The first-order chi connectivity index (χ1) is 8.74. The second-order valence-corrected chi connectivity index (χ2v) is 5.78. The molecule has 96 valence electrons. The molecule has 5 heteroatoms. The van der Waals surface area contributed by atoms with Crippen LogP contribution < -0.4 is 9.47 Å². The summed E-state index contributed by atoms with van der Waals surface area (Å²) in [5.74, 6) is 1.84. The summed E-state index contributed by atoms with van der Waals surface area (Å²) in [7, 11) is 1.63. The zero-order valence-electron chi connectivity index (χ0n) is 9.78. The fourth-order valence-electron chi connectivity index (χ4n) is 1.56. The van der Waals surface area contributed by atoms with E-state index in [2.05, 4.69) is 15.9 Å². The van der Waals surface area contributed by atoms with Crippen molar-refractivity contribution < 1.29 is 9.47 Å². The van der Waals surface area contributed by atoms with E-state index in [-0.39, 0.29) is 0 Å². The van der Waals surface area contributed by atoms with Crippen molar-refractivity contribution in [2.45, 2.75) is 12.5 Å². The lowest BCUT2D eigenvalue weighted by Gasteiger charge is -2.13. The Hall–Kier alpha value is -0.710. The third kappa shape index (κ3) is 3.19. The van der Waals surface area contributed by atoms with Crippen LogP contribution in [-0.2, 0) is 12.5 Å². The van der Waals surface area contributed by atoms with E-state index in [9.17, 15) is 0 Å². The summed E-state index contributed by atoms with van der Waals surface area (Å²) in [5.41, 5.74) is 0.937. The number of alkyl halides is 1. The average Bonchev–Trinajstić information content (AvgIpc) is 2.81. The monoisotopic (exact) mass is 346 g/mol. The fraction of sp³-hybridized carbons (Fsp3) is 0.231. The molecule has 2 rings (SSSR count). The van der Waals surface area contributed by atoms with E-state index in [1.54, 1.807) is 18.4 Å². The quantitative estimate of drug-likeness (QED) is 0.721. The van der Waals surface area contributed by atoms with Gasteiger partial charge in [0.15, 0.2) is 11.5 Å². The van der Waals surface area contributed by atoms with Crippen molar-refractivity contribution in [1.29, 1.82) is 0 Å². The molecule has 0 bridgehead atoms. The molecular weight excluding hydrogens is 336 g/mol. The van der Waals surface area contributed by atoms with Gasteiger partial charge in [0.1, 0.15) is 6.61 Å². The minimum absolute atomic E-state index is 0.403. The molecule has 18 heavy (non-hydrogen) atoms. The summed E-state index contributed by atoms with van der Waals surface area (Å²) in [6.07, 6.45) is 0. The summed E-state index contributed by atoms with van der Waals surface area (Å²) in [6.45, 7) is 0.514. The van der Waals surface area contributed by atoms with Gasteiger partial charge in [-0.05, 0) is 28.1 Å². The predicted octanol–water partition coefficient (Wildman–Crippen LogP) is 4.84. The van der Waals surface area contributed by atoms with Gasteiger partial charge < -0.3 is 9.47 Å². The van der Waals surface area contributed by atoms with Crippen LogP contribution in [0, 0.1) is 0 Å². The number of benzene rings is 1. The van der Waals surface area contributed by atoms with E-state index < -0.39 is 0 Å². The molecule has 2 nitrogen and oxygen atoms in total. The molecule has 0 unspecified atom stereocenters. The van der Waals surface area contributed by atoms with Crippen molar-refractivity contribution in [1.82, 2.24) is 0 Å². The van der Waals surface area contributed by atoms with Crippen molar-refractivity contribution in [2.75, 3.05) is 7.11 Å². The average molecular weight is 348 g/mol. The Labute approximate surface area is 124 Å². The van der Waals surface area contributed by atoms with E-state index >= 15 is 0 Å². The van der Waals surface area contributed by atoms with Crippen LogP contribution in [0.1, 0.15) is 10.4 Å². The van der Waals surface area contributed by atoms with Crippen LogP contribution in [0.3, 0.4) is 0 Å². The summed E-state index contributed by atoms with van der Waals surface area (Å²) in [5, 5.41) is 2.03. The third-order valence-corrected chi connectivity index (χ3v) is 4.36. The van der Waals surface area contributed by atoms with E-state index in [4.69, 9.17) is 21.1 Å². The van der Waals surface area contributed by atoms with Crippen molar-refractivity contribution in [3.05, 3.63) is 44.6 Å². The molecule has 0 aliphatic carbocycles. The summed E-state index contributed by atoms with van der Waals surface area (Å²) in [4.78, 5) is 1.15. The van der Waals surface area contributed by atoms with Crippen LogP contribution >= 0.6 is 38.9 Å². The number of ether oxygens (including phenoxy) is 2. The Bertz CT molecular complexity index is 505. The number of hydrogen-bond acceptors (Lipinski definition) is 3. The van der Waals surface area contributed by atoms with E-state index in [0.29, 0.717) is 18.2 Å². The van der Waals surface area contributed by atoms with Crippen LogP contribution in [0.2, 0.25) is 0 Å². The van der Waals surface area contributed by atoms with Gasteiger partial charge in [-0.15, -0.1) is 22.9 Å². The zero-order valence-corrected chi connectivity index (χ0v) is 12.9. The predicted molar refractivity (Wildman–Crippen MR) is 78.9 cm³/mol. The molecule has 1 aromatic carbocycles. The summed E-state index contributed by atoms with van der Waals surface area (Å²) < 4.78 is 12.2. The maximum atomic E-state index is 5.91. The molecule has 0 saturated heterocycles. The molecule has 0 saturated carbocycles. The molecule has 0 fully saturated rings.